The Morgan fingerprint density at radius 2 is 1.82 bits per heavy atom. The largest absolute Gasteiger partial charge is 0.481 e. The molecule has 100 valence electrons. The highest BCUT2D eigenvalue weighted by Crippen LogP contribution is 2.23. The van der Waals surface area contributed by atoms with Crippen molar-refractivity contribution in [3.63, 3.8) is 0 Å². The fourth-order valence-corrected chi connectivity index (χ4v) is 1.74. The van der Waals surface area contributed by atoms with Crippen molar-refractivity contribution in [3.8, 4) is 0 Å². The van der Waals surface area contributed by atoms with E-state index < -0.39 is 18.3 Å². The van der Waals surface area contributed by atoms with Crippen molar-refractivity contribution < 1.29 is 20.1 Å². The highest BCUT2D eigenvalue weighted by molar-refractivity contribution is 5.68. The van der Waals surface area contributed by atoms with Gasteiger partial charge in [0, 0.05) is 12.0 Å². The minimum absolute atomic E-state index is 0.186. The van der Waals surface area contributed by atoms with Gasteiger partial charge >= 0.3 is 5.97 Å². The molecule has 5 N–H and O–H groups in total. The van der Waals surface area contributed by atoms with Gasteiger partial charge in [-0.2, -0.15) is 0 Å². The molecule has 2 atom stereocenters. The second kappa shape index (κ2) is 7.42. The summed E-state index contributed by atoms with van der Waals surface area (Å²) < 4.78 is 0. The third kappa shape index (κ3) is 7.10. The molecular formula is C12H23NO4. The molecule has 0 amide bonds. The molecule has 0 radical (unpaired) electrons. The number of aliphatic hydroxyl groups excluding tert-OH is 1. The van der Waals surface area contributed by atoms with Crippen molar-refractivity contribution in [2.75, 3.05) is 0 Å². The number of nitrogens with two attached hydrogens (primary N) is 1. The van der Waals surface area contributed by atoms with Crippen LogP contribution in [-0.2, 0) is 4.79 Å². The van der Waals surface area contributed by atoms with E-state index in [4.69, 9.17) is 10.8 Å². The lowest BCUT2D eigenvalue weighted by atomic mass is 9.88. The number of hydrogen-bond acceptors (Lipinski definition) is 4. The first-order valence-corrected chi connectivity index (χ1v) is 5.75. The summed E-state index contributed by atoms with van der Waals surface area (Å²) >= 11 is 0. The molecular weight excluding hydrogens is 222 g/mol. The Balaban J connectivity index is 4.34. The van der Waals surface area contributed by atoms with Crippen LogP contribution in [0.15, 0.2) is 12.2 Å². The normalized spacial score (nSPS) is 15.0. The van der Waals surface area contributed by atoms with E-state index in [1.54, 1.807) is 0 Å². The van der Waals surface area contributed by atoms with Gasteiger partial charge in [-0.3, -0.25) is 4.79 Å². The molecule has 0 spiro atoms. The molecule has 0 aliphatic rings. The van der Waals surface area contributed by atoms with Gasteiger partial charge in [-0.25, -0.2) is 0 Å². The predicted octanol–water partition coefficient (Wildman–Crippen LogP) is 0.708. The van der Waals surface area contributed by atoms with E-state index in [1.165, 1.54) is 0 Å². The van der Waals surface area contributed by atoms with Crippen LogP contribution < -0.4 is 5.73 Å². The summed E-state index contributed by atoms with van der Waals surface area (Å²) in [5.41, 5.74) is 6.20. The molecule has 0 aliphatic heterocycles. The molecule has 0 rings (SSSR count). The van der Waals surface area contributed by atoms with Gasteiger partial charge in [-0.1, -0.05) is 26.0 Å². The summed E-state index contributed by atoms with van der Waals surface area (Å²) in [5, 5.41) is 27.1. The Morgan fingerprint density at radius 1 is 1.29 bits per heavy atom. The highest BCUT2D eigenvalue weighted by Gasteiger charge is 2.22. The van der Waals surface area contributed by atoms with Gasteiger partial charge in [0.1, 0.15) is 0 Å². The smallest absolute Gasteiger partial charge is 0.305 e. The number of carboxylic acid groups (broad SMARTS) is 1. The first kappa shape index (κ1) is 16.1. The molecule has 0 unspecified atom stereocenters. The molecule has 0 aromatic heterocycles. The molecule has 5 nitrogen and oxygen atoms in total. The fourth-order valence-electron chi connectivity index (χ4n) is 1.74. The van der Waals surface area contributed by atoms with E-state index in [9.17, 15) is 15.0 Å². The summed E-state index contributed by atoms with van der Waals surface area (Å²) in [7, 11) is 0. The minimum Gasteiger partial charge on any atom is -0.481 e. The van der Waals surface area contributed by atoms with Crippen LogP contribution in [0.1, 0.15) is 33.1 Å². The second-order valence-electron chi connectivity index (χ2n) is 4.87. The summed E-state index contributed by atoms with van der Waals surface area (Å²) in [4.78, 5) is 10.5. The quantitative estimate of drug-likeness (QED) is 0.372. The maximum Gasteiger partial charge on any atom is 0.305 e. The lowest BCUT2D eigenvalue weighted by molar-refractivity contribution is -0.137. The molecule has 0 aliphatic carbocycles. The standard InChI is InChI=1S/C12H23NO4/c1-7(2)4-9(12(16)17)5-8(3)10(13)6-11(14)15/h7,9-10,12,16-17H,3-6,13H2,1-2H3,(H,14,15)/t9-,10-/m0/s1. The van der Waals surface area contributed by atoms with Crippen molar-refractivity contribution in [1.29, 1.82) is 0 Å². The molecule has 0 heterocycles. The second-order valence-corrected chi connectivity index (χ2v) is 4.87. The molecule has 0 bridgehead atoms. The minimum atomic E-state index is -1.42. The van der Waals surface area contributed by atoms with Crippen LogP contribution in [0.25, 0.3) is 0 Å². The van der Waals surface area contributed by atoms with E-state index in [-0.39, 0.29) is 12.3 Å². The predicted molar refractivity (Wildman–Crippen MR) is 65.2 cm³/mol. The van der Waals surface area contributed by atoms with E-state index in [1.807, 2.05) is 13.8 Å². The number of rotatable bonds is 8. The highest BCUT2D eigenvalue weighted by atomic mass is 16.5. The van der Waals surface area contributed by atoms with Gasteiger partial charge in [0.05, 0.1) is 6.42 Å². The lowest BCUT2D eigenvalue weighted by Crippen LogP contribution is -2.29. The van der Waals surface area contributed by atoms with Crippen LogP contribution in [0.4, 0.5) is 0 Å². The molecule has 0 fully saturated rings. The number of carboxylic acids is 1. The average molecular weight is 245 g/mol. The van der Waals surface area contributed by atoms with Crippen LogP contribution in [0.2, 0.25) is 0 Å². The SMILES string of the molecule is C=C(C[C@H](CC(C)C)C(O)O)[C@@H](N)CC(=O)O. The Kier molecular flexibility index (Phi) is 7.03. The molecule has 5 heteroatoms. The van der Waals surface area contributed by atoms with E-state index >= 15 is 0 Å². The van der Waals surface area contributed by atoms with Gasteiger partial charge in [-0.05, 0) is 18.8 Å². The third-order valence-electron chi connectivity index (χ3n) is 2.64. The Morgan fingerprint density at radius 3 is 2.18 bits per heavy atom. The van der Waals surface area contributed by atoms with Gasteiger partial charge in [0.2, 0.25) is 0 Å². The van der Waals surface area contributed by atoms with Crippen LogP contribution in [0, 0.1) is 11.8 Å². The number of hydrogen-bond donors (Lipinski definition) is 4. The molecule has 0 saturated heterocycles. The van der Waals surface area contributed by atoms with Crippen LogP contribution in [0.3, 0.4) is 0 Å². The first-order chi connectivity index (χ1) is 7.73. The lowest BCUT2D eigenvalue weighted by Gasteiger charge is -2.23. The summed E-state index contributed by atoms with van der Waals surface area (Å²) in [5.74, 6) is -1.00. The van der Waals surface area contributed by atoms with E-state index in [0.29, 0.717) is 24.3 Å². The van der Waals surface area contributed by atoms with Crippen LogP contribution in [-0.4, -0.2) is 33.6 Å². The average Bonchev–Trinajstić information content (AvgIpc) is 2.14. The van der Waals surface area contributed by atoms with Crippen LogP contribution >= 0.6 is 0 Å². The molecule has 17 heavy (non-hydrogen) atoms. The third-order valence-corrected chi connectivity index (χ3v) is 2.64. The number of aliphatic hydroxyl groups is 2. The van der Waals surface area contributed by atoms with Gasteiger partial charge in [0.15, 0.2) is 6.29 Å². The van der Waals surface area contributed by atoms with Gasteiger partial charge in [0.25, 0.3) is 0 Å². The van der Waals surface area contributed by atoms with Crippen molar-refractivity contribution in [1.82, 2.24) is 0 Å². The maximum absolute atomic E-state index is 10.5. The number of carbonyl (C=O) groups is 1. The van der Waals surface area contributed by atoms with Crippen LogP contribution in [0.5, 0.6) is 0 Å². The first-order valence-electron chi connectivity index (χ1n) is 5.75. The summed E-state index contributed by atoms with van der Waals surface area (Å²) in [6, 6.07) is -0.638. The molecule has 0 aromatic rings. The monoisotopic (exact) mass is 245 g/mol. The zero-order chi connectivity index (χ0) is 13.6. The molecule has 0 saturated carbocycles. The summed E-state index contributed by atoms with van der Waals surface area (Å²) in [6.07, 6.45) is -0.638. The van der Waals surface area contributed by atoms with Crippen molar-refractivity contribution in [2.24, 2.45) is 17.6 Å². The Hall–Kier alpha value is -0.910. The zero-order valence-corrected chi connectivity index (χ0v) is 10.5. The topological polar surface area (TPSA) is 104 Å². The Labute approximate surface area is 102 Å². The maximum atomic E-state index is 10.5. The van der Waals surface area contributed by atoms with Crippen molar-refractivity contribution in [2.45, 2.75) is 45.4 Å². The number of aliphatic carboxylic acids is 1. The van der Waals surface area contributed by atoms with E-state index in [2.05, 4.69) is 6.58 Å². The molecule has 0 aromatic carbocycles. The summed E-state index contributed by atoms with van der Waals surface area (Å²) in [6.45, 7) is 7.69. The van der Waals surface area contributed by atoms with Gasteiger partial charge in [-0.15, -0.1) is 0 Å². The van der Waals surface area contributed by atoms with Gasteiger partial charge < -0.3 is 21.1 Å². The van der Waals surface area contributed by atoms with E-state index in [0.717, 1.165) is 0 Å². The van der Waals surface area contributed by atoms with Crippen molar-refractivity contribution in [3.05, 3.63) is 12.2 Å². The van der Waals surface area contributed by atoms with Crippen molar-refractivity contribution >= 4 is 5.97 Å². The fraction of sp³-hybridized carbons (Fsp3) is 0.750. The zero-order valence-electron chi connectivity index (χ0n) is 10.5. The Bertz CT molecular complexity index is 263.